The van der Waals surface area contributed by atoms with Crippen LogP contribution in [0.2, 0.25) is 0 Å². The molecule has 0 saturated carbocycles. The molecule has 0 radical (unpaired) electrons. The molecule has 0 N–H and O–H groups in total. The number of hydrogen-bond donors (Lipinski definition) is 0. The summed E-state index contributed by atoms with van der Waals surface area (Å²) in [5.74, 6) is 0.360. The zero-order chi connectivity index (χ0) is 16.2. The lowest BCUT2D eigenvalue weighted by Gasteiger charge is -2.24. The van der Waals surface area contributed by atoms with Crippen LogP contribution >= 0.6 is 0 Å². The first-order chi connectivity index (χ1) is 10.7. The lowest BCUT2D eigenvalue weighted by molar-refractivity contribution is -0.108. The Bertz CT molecular complexity index is 391. The van der Waals surface area contributed by atoms with E-state index in [1.807, 2.05) is 18.2 Å². The van der Waals surface area contributed by atoms with Crippen LogP contribution in [-0.2, 0) is 20.9 Å². The fraction of sp³-hybridized carbons (Fsp3) is 0.632. The van der Waals surface area contributed by atoms with Gasteiger partial charge in [-0.3, -0.25) is 0 Å². The highest BCUT2D eigenvalue weighted by molar-refractivity contribution is 5.49. The first kappa shape index (κ1) is 18.9. The van der Waals surface area contributed by atoms with Gasteiger partial charge in [0.15, 0.2) is 0 Å². The number of methoxy groups -OCH3 is 1. The molecule has 0 aromatic heterocycles. The number of aldehydes is 1. The number of ether oxygens (including phenoxy) is 2. The molecule has 1 aromatic carbocycles. The monoisotopic (exact) mass is 306 g/mol. The van der Waals surface area contributed by atoms with E-state index < -0.39 is 0 Å². The Morgan fingerprint density at radius 3 is 2.45 bits per heavy atom. The molecule has 1 rings (SSSR count). The normalized spacial score (nSPS) is 15.2. The number of carbonyl (C=O) groups is 1. The first-order valence-electron chi connectivity index (χ1n) is 8.31. The van der Waals surface area contributed by atoms with E-state index in [4.69, 9.17) is 9.47 Å². The van der Waals surface area contributed by atoms with Gasteiger partial charge in [0.2, 0.25) is 0 Å². The smallest absolute Gasteiger partial charge is 0.120 e. The van der Waals surface area contributed by atoms with Crippen LogP contribution in [0.4, 0.5) is 0 Å². The Morgan fingerprint density at radius 1 is 1.14 bits per heavy atom. The van der Waals surface area contributed by atoms with Crippen molar-refractivity contribution in [3.8, 4) is 0 Å². The minimum Gasteiger partial charge on any atom is -0.381 e. The first-order valence-corrected chi connectivity index (χ1v) is 8.31. The van der Waals surface area contributed by atoms with E-state index in [2.05, 4.69) is 26.0 Å². The molecule has 0 bridgehead atoms. The van der Waals surface area contributed by atoms with Crippen molar-refractivity contribution in [1.29, 1.82) is 0 Å². The minimum absolute atomic E-state index is 0.155. The Balaban J connectivity index is 2.48. The third-order valence-electron chi connectivity index (χ3n) is 3.96. The second kappa shape index (κ2) is 11.4. The van der Waals surface area contributed by atoms with Crippen LogP contribution in [0.15, 0.2) is 30.3 Å². The highest BCUT2D eigenvalue weighted by Crippen LogP contribution is 2.20. The molecule has 3 nitrogen and oxygen atoms in total. The van der Waals surface area contributed by atoms with Crippen LogP contribution in [0.5, 0.6) is 0 Å². The summed E-state index contributed by atoms with van der Waals surface area (Å²) in [5.41, 5.74) is 1.20. The lowest BCUT2D eigenvalue weighted by Crippen LogP contribution is -2.24. The molecule has 0 aliphatic carbocycles. The van der Waals surface area contributed by atoms with Gasteiger partial charge < -0.3 is 14.3 Å². The standard InChI is InChI=1S/C19H30O3/c1-4-8-18(22-15-17-9-6-5-7-10-17)14-19(21-3)13-16(2)11-12-20/h5-7,9-10,12,16,18-19H,4,8,11,13-15H2,1-3H3/t16-,18+,19+/m1/s1. The van der Waals surface area contributed by atoms with Crippen molar-refractivity contribution in [2.24, 2.45) is 5.92 Å². The maximum absolute atomic E-state index is 10.6. The van der Waals surface area contributed by atoms with Crippen molar-refractivity contribution in [2.45, 2.75) is 64.8 Å². The maximum Gasteiger partial charge on any atom is 0.120 e. The summed E-state index contributed by atoms with van der Waals surface area (Å²) in [6.45, 7) is 4.92. The lowest BCUT2D eigenvalue weighted by atomic mass is 9.96. The maximum atomic E-state index is 10.6. The zero-order valence-electron chi connectivity index (χ0n) is 14.2. The van der Waals surface area contributed by atoms with Gasteiger partial charge in [-0.1, -0.05) is 50.6 Å². The third-order valence-corrected chi connectivity index (χ3v) is 3.96. The van der Waals surface area contributed by atoms with E-state index in [9.17, 15) is 4.79 Å². The fourth-order valence-corrected chi connectivity index (χ4v) is 2.67. The second-order valence-corrected chi connectivity index (χ2v) is 6.04. The molecular weight excluding hydrogens is 276 g/mol. The predicted octanol–water partition coefficient (Wildman–Crippen LogP) is 4.39. The highest BCUT2D eigenvalue weighted by atomic mass is 16.5. The number of benzene rings is 1. The van der Waals surface area contributed by atoms with Crippen LogP contribution in [-0.4, -0.2) is 25.6 Å². The van der Waals surface area contributed by atoms with Gasteiger partial charge >= 0.3 is 0 Å². The molecule has 22 heavy (non-hydrogen) atoms. The van der Waals surface area contributed by atoms with Gasteiger partial charge in [0, 0.05) is 13.5 Å². The number of rotatable bonds is 12. The van der Waals surface area contributed by atoms with Crippen LogP contribution in [0.1, 0.15) is 51.5 Å². The van der Waals surface area contributed by atoms with Crippen molar-refractivity contribution >= 4 is 6.29 Å². The molecule has 3 atom stereocenters. The summed E-state index contributed by atoms with van der Waals surface area (Å²) in [6, 6.07) is 10.3. The Morgan fingerprint density at radius 2 is 1.86 bits per heavy atom. The molecule has 0 spiro atoms. The second-order valence-electron chi connectivity index (χ2n) is 6.04. The van der Waals surface area contributed by atoms with E-state index in [0.717, 1.165) is 32.0 Å². The van der Waals surface area contributed by atoms with Gasteiger partial charge in [-0.15, -0.1) is 0 Å². The topological polar surface area (TPSA) is 35.5 Å². The molecule has 0 unspecified atom stereocenters. The molecule has 124 valence electrons. The summed E-state index contributed by atoms with van der Waals surface area (Å²) in [6.07, 6.45) is 5.88. The molecule has 3 heteroatoms. The quantitative estimate of drug-likeness (QED) is 0.537. The number of hydrogen-bond acceptors (Lipinski definition) is 3. The van der Waals surface area contributed by atoms with Gasteiger partial charge in [0.25, 0.3) is 0 Å². The van der Waals surface area contributed by atoms with Crippen molar-refractivity contribution in [3.63, 3.8) is 0 Å². The average molecular weight is 306 g/mol. The van der Waals surface area contributed by atoms with Crippen molar-refractivity contribution in [3.05, 3.63) is 35.9 Å². The Labute approximate surface area is 135 Å². The molecule has 0 amide bonds. The van der Waals surface area contributed by atoms with Crippen LogP contribution in [0.25, 0.3) is 0 Å². The number of carbonyl (C=O) groups excluding carboxylic acids is 1. The Kier molecular flexibility index (Phi) is 9.76. The van der Waals surface area contributed by atoms with E-state index >= 15 is 0 Å². The Hall–Kier alpha value is -1.19. The minimum atomic E-state index is 0.155. The largest absolute Gasteiger partial charge is 0.381 e. The van der Waals surface area contributed by atoms with Crippen LogP contribution in [0, 0.1) is 5.92 Å². The van der Waals surface area contributed by atoms with Crippen LogP contribution < -0.4 is 0 Å². The van der Waals surface area contributed by atoms with E-state index in [0.29, 0.717) is 18.9 Å². The molecule has 0 aliphatic heterocycles. The summed E-state index contributed by atoms with van der Waals surface area (Å²) in [4.78, 5) is 10.6. The third kappa shape index (κ3) is 7.71. The van der Waals surface area contributed by atoms with Crippen LogP contribution in [0.3, 0.4) is 0 Å². The van der Waals surface area contributed by atoms with Crippen molar-refractivity contribution < 1.29 is 14.3 Å². The van der Waals surface area contributed by atoms with Gasteiger partial charge in [-0.2, -0.15) is 0 Å². The SMILES string of the molecule is CCC[C@@H](C[C@H](C[C@H](C)CC=O)OC)OCc1ccccc1. The zero-order valence-corrected chi connectivity index (χ0v) is 14.2. The van der Waals surface area contributed by atoms with Gasteiger partial charge in [0.1, 0.15) is 6.29 Å². The predicted molar refractivity (Wildman–Crippen MR) is 89.8 cm³/mol. The van der Waals surface area contributed by atoms with E-state index in [1.54, 1.807) is 7.11 Å². The average Bonchev–Trinajstić information content (AvgIpc) is 2.53. The molecule has 1 aromatic rings. The molecule has 0 fully saturated rings. The highest BCUT2D eigenvalue weighted by Gasteiger charge is 2.18. The van der Waals surface area contributed by atoms with Gasteiger partial charge in [-0.25, -0.2) is 0 Å². The molecule has 0 saturated heterocycles. The molecule has 0 aliphatic rings. The van der Waals surface area contributed by atoms with E-state index in [-0.39, 0.29) is 12.2 Å². The van der Waals surface area contributed by atoms with E-state index in [1.165, 1.54) is 5.56 Å². The summed E-state index contributed by atoms with van der Waals surface area (Å²) >= 11 is 0. The molecular formula is C19H30O3. The fourth-order valence-electron chi connectivity index (χ4n) is 2.67. The summed E-state index contributed by atoms with van der Waals surface area (Å²) < 4.78 is 11.7. The summed E-state index contributed by atoms with van der Waals surface area (Å²) in [7, 11) is 1.75. The summed E-state index contributed by atoms with van der Waals surface area (Å²) in [5, 5.41) is 0. The van der Waals surface area contributed by atoms with Gasteiger partial charge in [0.05, 0.1) is 18.8 Å². The van der Waals surface area contributed by atoms with Crippen molar-refractivity contribution in [1.82, 2.24) is 0 Å². The molecule has 0 heterocycles. The van der Waals surface area contributed by atoms with Gasteiger partial charge in [-0.05, 0) is 30.7 Å². The van der Waals surface area contributed by atoms with Crippen molar-refractivity contribution in [2.75, 3.05) is 7.11 Å².